The number of amides is 2. The van der Waals surface area contributed by atoms with Crippen LogP contribution in [0.2, 0.25) is 0 Å². The van der Waals surface area contributed by atoms with Crippen molar-refractivity contribution in [2.24, 2.45) is 0 Å². The smallest absolute Gasteiger partial charge is 0.270 e. The van der Waals surface area contributed by atoms with Gasteiger partial charge in [0.05, 0.1) is 17.3 Å². The number of aryl methyl sites for hydroxylation is 2. The minimum Gasteiger partial charge on any atom is -0.381 e. The lowest BCUT2D eigenvalue weighted by atomic mass is 10.00. The fourth-order valence-corrected chi connectivity index (χ4v) is 7.41. The maximum absolute atomic E-state index is 15.1. The van der Waals surface area contributed by atoms with Gasteiger partial charge >= 0.3 is 0 Å². The SMILES string of the molecule is CCc1nc2c(cnn2CC)c(NC2CCOCC2)c1CNC(=O)c1cccc(C(=O)NCc2ccc(F)c(-c3cccc(CN4CCNC[C@@H]4C)c3)c2)n1. The number of nitrogens with one attached hydrogen (secondary N) is 4. The number of carbonyl (C=O) groups excluding carboxylic acids is 2. The van der Waals surface area contributed by atoms with Gasteiger partial charge in [-0.05, 0) is 80.1 Å². The average molecular weight is 748 g/mol. The van der Waals surface area contributed by atoms with E-state index in [2.05, 4.69) is 49.2 Å². The summed E-state index contributed by atoms with van der Waals surface area (Å²) in [6, 6.07) is 18.3. The Morgan fingerprint density at radius 1 is 0.945 bits per heavy atom. The summed E-state index contributed by atoms with van der Waals surface area (Å²) >= 11 is 0. The van der Waals surface area contributed by atoms with Gasteiger partial charge in [0.15, 0.2) is 5.65 Å². The van der Waals surface area contributed by atoms with Crippen LogP contribution in [0.3, 0.4) is 0 Å². The van der Waals surface area contributed by atoms with E-state index in [1.807, 2.05) is 42.9 Å². The van der Waals surface area contributed by atoms with Crippen molar-refractivity contribution in [2.45, 2.75) is 78.3 Å². The number of hydrogen-bond donors (Lipinski definition) is 4. The van der Waals surface area contributed by atoms with Crippen LogP contribution in [0, 0.1) is 5.82 Å². The number of hydrogen-bond acceptors (Lipinski definition) is 9. The van der Waals surface area contributed by atoms with E-state index in [0.29, 0.717) is 37.8 Å². The van der Waals surface area contributed by atoms with Gasteiger partial charge in [-0.1, -0.05) is 37.3 Å². The maximum Gasteiger partial charge on any atom is 0.270 e. The van der Waals surface area contributed by atoms with Gasteiger partial charge in [-0.3, -0.25) is 14.5 Å². The summed E-state index contributed by atoms with van der Waals surface area (Å²) < 4.78 is 22.6. The molecule has 0 unspecified atom stereocenters. The van der Waals surface area contributed by atoms with Crippen molar-refractivity contribution < 1.29 is 18.7 Å². The molecular formula is C42H50FN9O3. The third-order valence-electron chi connectivity index (χ3n) is 10.6. The molecule has 2 aliphatic rings. The molecule has 288 valence electrons. The summed E-state index contributed by atoms with van der Waals surface area (Å²) in [5.41, 5.74) is 6.88. The zero-order chi connectivity index (χ0) is 38.3. The molecule has 3 aromatic heterocycles. The largest absolute Gasteiger partial charge is 0.381 e. The fourth-order valence-electron chi connectivity index (χ4n) is 7.41. The number of aromatic nitrogens is 4. The second-order valence-corrected chi connectivity index (χ2v) is 14.3. The number of piperazine rings is 1. The molecule has 12 nitrogen and oxygen atoms in total. The lowest BCUT2D eigenvalue weighted by Crippen LogP contribution is -2.49. The van der Waals surface area contributed by atoms with E-state index in [1.54, 1.807) is 30.3 Å². The van der Waals surface area contributed by atoms with Gasteiger partial charge in [0.1, 0.15) is 17.2 Å². The van der Waals surface area contributed by atoms with Crippen LogP contribution in [0.5, 0.6) is 0 Å². The molecular weight excluding hydrogens is 698 g/mol. The van der Waals surface area contributed by atoms with Crippen LogP contribution in [0.4, 0.5) is 10.1 Å². The van der Waals surface area contributed by atoms with Gasteiger partial charge in [0.2, 0.25) is 0 Å². The highest BCUT2D eigenvalue weighted by Crippen LogP contribution is 2.31. The first-order chi connectivity index (χ1) is 26.8. The quantitative estimate of drug-likeness (QED) is 0.124. The van der Waals surface area contributed by atoms with Crippen molar-refractivity contribution in [1.29, 1.82) is 0 Å². The van der Waals surface area contributed by atoms with E-state index in [9.17, 15) is 9.59 Å². The van der Waals surface area contributed by atoms with Crippen LogP contribution in [0.15, 0.2) is 66.9 Å². The van der Waals surface area contributed by atoms with Gasteiger partial charge in [0.25, 0.3) is 11.8 Å². The Morgan fingerprint density at radius 3 is 2.45 bits per heavy atom. The molecule has 1 atom stereocenters. The monoisotopic (exact) mass is 747 g/mol. The molecule has 5 aromatic rings. The lowest BCUT2D eigenvalue weighted by Gasteiger charge is -2.34. The lowest BCUT2D eigenvalue weighted by molar-refractivity contribution is 0.0904. The van der Waals surface area contributed by atoms with Crippen LogP contribution >= 0.6 is 0 Å². The molecule has 2 aliphatic heterocycles. The van der Waals surface area contributed by atoms with Crippen molar-refractivity contribution in [3.8, 4) is 11.1 Å². The molecule has 2 saturated heterocycles. The number of benzene rings is 2. The van der Waals surface area contributed by atoms with Crippen molar-refractivity contribution >= 4 is 28.5 Å². The maximum atomic E-state index is 15.1. The predicted octanol–water partition coefficient (Wildman–Crippen LogP) is 5.46. The normalized spacial score (nSPS) is 16.6. The van der Waals surface area contributed by atoms with E-state index < -0.39 is 11.8 Å². The molecule has 4 N–H and O–H groups in total. The van der Waals surface area contributed by atoms with Gasteiger partial charge < -0.3 is 26.0 Å². The molecule has 5 heterocycles. The molecule has 2 fully saturated rings. The average Bonchev–Trinajstić information content (AvgIpc) is 3.64. The Hall–Kier alpha value is -5.24. The minimum absolute atomic E-state index is 0.107. The van der Waals surface area contributed by atoms with E-state index in [0.717, 1.165) is 83.7 Å². The highest BCUT2D eigenvalue weighted by atomic mass is 19.1. The van der Waals surface area contributed by atoms with E-state index in [4.69, 9.17) is 9.72 Å². The second kappa shape index (κ2) is 17.5. The molecule has 0 saturated carbocycles. The van der Waals surface area contributed by atoms with Crippen molar-refractivity contribution in [3.05, 3.63) is 106 Å². The number of fused-ring (bicyclic) bond motifs is 1. The van der Waals surface area contributed by atoms with E-state index >= 15 is 4.39 Å². The zero-order valence-corrected chi connectivity index (χ0v) is 31.8. The summed E-state index contributed by atoms with van der Waals surface area (Å²) in [6.45, 7) is 12.4. The summed E-state index contributed by atoms with van der Waals surface area (Å²) in [5, 5.41) is 18.6. The van der Waals surface area contributed by atoms with Crippen LogP contribution in [-0.4, -0.2) is 81.4 Å². The van der Waals surface area contributed by atoms with Crippen molar-refractivity contribution in [3.63, 3.8) is 0 Å². The molecule has 0 bridgehead atoms. The topological polar surface area (TPSA) is 138 Å². The summed E-state index contributed by atoms with van der Waals surface area (Å²) in [6.07, 6.45) is 4.27. The minimum atomic E-state index is -0.438. The molecule has 0 spiro atoms. The Bertz CT molecular complexity index is 2150. The molecule has 2 amide bonds. The fraction of sp³-hybridized carbons (Fsp3) is 0.405. The number of carbonyl (C=O) groups is 2. The number of pyridine rings is 2. The highest BCUT2D eigenvalue weighted by Gasteiger charge is 2.23. The first-order valence-electron chi connectivity index (χ1n) is 19.4. The van der Waals surface area contributed by atoms with Gasteiger partial charge in [-0.25, -0.2) is 19.0 Å². The Morgan fingerprint density at radius 2 is 1.71 bits per heavy atom. The second-order valence-electron chi connectivity index (χ2n) is 14.3. The predicted molar refractivity (Wildman–Crippen MR) is 211 cm³/mol. The van der Waals surface area contributed by atoms with Crippen LogP contribution in [0.1, 0.15) is 77.0 Å². The molecule has 0 aliphatic carbocycles. The highest BCUT2D eigenvalue weighted by molar-refractivity contribution is 5.97. The third kappa shape index (κ3) is 8.85. The Kier molecular flexibility index (Phi) is 12.1. The summed E-state index contributed by atoms with van der Waals surface area (Å²) in [7, 11) is 0. The number of halogens is 1. The molecule has 0 radical (unpaired) electrons. The standard InChI is InChI=1S/C42H50FN9O3/c1-4-36-33(39(48-31-14-18-55-19-15-31)34-25-47-52(5-2)40(34)50-36)24-46-42(54)38-11-7-10-37(49-38)41(53)45-23-28-12-13-35(43)32(21-28)30-9-6-8-29(20-30)26-51-17-16-44-22-27(51)3/h6-13,20-21,25,27,31,44H,4-5,14-19,22-24,26H2,1-3H3,(H,45,53)(H,46,54)(H,48,50)/t27-/m0/s1. The first kappa shape index (κ1) is 38.1. The van der Waals surface area contributed by atoms with Crippen molar-refractivity contribution in [1.82, 2.24) is 40.6 Å². The number of ether oxygens (including phenoxy) is 1. The van der Waals surface area contributed by atoms with Crippen molar-refractivity contribution in [2.75, 3.05) is 38.2 Å². The van der Waals surface area contributed by atoms with Crippen LogP contribution in [0.25, 0.3) is 22.2 Å². The van der Waals surface area contributed by atoms with Crippen LogP contribution in [-0.2, 0) is 37.3 Å². The van der Waals surface area contributed by atoms with Crippen LogP contribution < -0.4 is 21.3 Å². The number of nitrogens with zero attached hydrogens (tertiary/aromatic N) is 5. The molecule has 7 rings (SSSR count). The molecule has 13 heteroatoms. The van der Waals surface area contributed by atoms with E-state index in [-0.39, 0.29) is 36.3 Å². The number of anilines is 1. The first-order valence-corrected chi connectivity index (χ1v) is 19.4. The van der Waals surface area contributed by atoms with Gasteiger partial charge in [0, 0.05) is 87.9 Å². The van der Waals surface area contributed by atoms with E-state index in [1.165, 1.54) is 6.07 Å². The Balaban J connectivity index is 1.02. The Labute approximate surface area is 321 Å². The number of rotatable bonds is 13. The summed E-state index contributed by atoms with van der Waals surface area (Å²) in [5.74, 6) is -1.17. The zero-order valence-electron chi connectivity index (χ0n) is 31.8. The summed E-state index contributed by atoms with van der Waals surface area (Å²) in [4.78, 5) is 38.6. The van der Waals surface area contributed by atoms with Gasteiger partial charge in [-0.2, -0.15) is 5.10 Å². The molecule has 2 aromatic carbocycles. The van der Waals surface area contributed by atoms with Gasteiger partial charge in [-0.15, -0.1) is 0 Å². The third-order valence-corrected chi connectivity index (χ3v) is 10.6. The molecule has 55 heavy (non-hydrogen) atoms.